The number of benzene rings is 2. The number of nitrogens with zero attached hydrogens (tertiary/aromatic N) is 2. The number of aromatic nitrogens is 2. The summed E-state index contributed by atoms with van der Waals surface area (Å²) in [6, 6.07) is 12.6. The minimum Gasteiger partial charge on any atom is -0.368 e. The fraction of sp³-hybridized carbons (Fsp3) is 0.391. The lowest BCUT2D eigenvalue weighted by Gasteiger charge is -2.16. The molecule has 1 aliphatic heterocycles. The van der Waals surface area contributed by atoms with Crippen molar-refractivity contribution in [3.63, 3.8) is 0 Å². The summed E-state index contributed by atoms with van der Waals surface area (Å²) in [5, 5.41) is 3.02. The lowest BCUT2D eigenvalue weighted by atomic mass is 9.99. The smallest absolute Gasteiger partial charge is 0.249 e. The van der Waals surface area contributed by atoms with Gasteiger partial charge in [0.25, 0.3) is 0 Å². The number of nitrogens with one attached hydrogen (secondary N) is 1. The second-order valence-electron chi connectivity index (χ2n) is 7.70. The molecule has 1 unspecified atom stereocenters. The van der Waals surface area contributed by atoms with Crippen LogP contribution in [-0.2, 0) is 22.6 Å². The van der Waals surface area contributed by atoms with E-state index < -0.39 is 0 Å². The Hall–Kier alpha value is -2.66. The second-order valence-corrected chi connectivity index (χ2v) is 7.70. The van der Waals surface area contributed by atoms with Gasteiger partial charge in [-0.05, 0) is 62.4 Å². The van der Waals surface area contributed by atoms with Crippen LogP contribution < -0.4 is 5.32 Å². The number of fused-ring (bicyclic) bond motifs is 1. The quantitative estimate of drug-likeness (QED) is 0.736. The first-order valence-corrected chi connectivity index (χ1v) is 9.93. The monoisotopic (exact) mass is 377 g/mol. The van der Waals surface area contributed by atoms with Gasteiger partial charge < -0.3 is 14.6 Å². The molecule has 4 rings (SSSR count). The predicted molar refractivity (Wildman–Crippen MR) is 110 cm³/mol. The van der Waals surface area contributed by atoms with Crippen molar-refractivity contribution in [2.45, 2.75) is 52.8 Å². The fourth-order valence-corrected chi connectivity index (χ4v) is 4.12. The minimum atomic E-state index is -0.320. The van der Waals surface area contributed by atoms with Gasteiger partial charge in [-0.15, -0.1) is 0 Å². The number of hydrogen-bond acceptors (Lipinski definition) is 3. The van der Waals surface area contributed by atoms with Gasteiger partial charge in [-0.25, -0.2) is 4.98 Å². The van der Waals surface area contributed by atoms with E-state index in [1.54, 1.807) is 0 Å². The van der Waals surface area contributed by atoms with Crippen molar-refractivity contribution in [2.75, 3.05) is 6.61 Å². The van der Waals surface area contributed by atoms with Gasteiger partial charge in [0.15, 0.2) is 0 Å². The summed E-state index contributed by atoms with van der Waals surface area (Å²) < 4.78 is 7.71. The number of amides is 1. The van der Waals surface area contributed by atoms with Gasteiger partial charge in [0, 0.05) is 13.2 Å². The largest absolute Gasteiger partial charge is 0.368 e. The molecule has 0 spiro atoms. The third-order valence-corrected chi connectivity index (χ3v) is 5.53. The molecule has 5 nitrogen and oxygen atoms in total. The van der Waals surface area contributed by atoms with Crippen molar-refractivity contribution in [3.05, 3.63) is 64.5 Å². The SMILES string of the molecule is Cc1cc(C)c(Cn2c(CNC(=O)C3CCCO3)nc3ccccc32)c(C)c1. The van der Waals surface area contributed by atoms with E-state index in [9.17, 15) is 4.79 Å². The molecule has 3 aromatic rings. The Bertz CT molecular complexity index is 993. The summed E-state index contributed by atoms with van der Waals surface area (Å²) in [7, 11) is 0. The number of carbonyl (C=O) groups excluding carboxylic acids is 1. The molecule has 2 heterocycles. The molecular weight excluding hydrogens is 350 g/mol. The van der Waals surface area contributed by atoms with Crippen LogP contribution in [0.3, 0.4) is 0 Å². The number of rotatable bonds is 5. The molecular formula is C23H27N3O2. The van der Waals surface area contributed by atoms with Gasteiger partial charge in [0.2, 0.25) is 5.91 Å². The Morgan fingerprint density at radius 3 is 2.68 bits per heavy atom. The maximum absolute atomic E-state index is 12.4. The van der Waals surface area contributed by atoms with E-state index in [2.05, 4.69) is 48.9 Å². The van der Waals surface area contributed by atoms with Crippen LogP contribution in [-0.4, -0.2) is 28.2 Å². The molecule has 0 saturated carbocycles. The number of imidazole rings is 1. The lowest BCUT2D eigenvalue weighted by molar-refractivity contribution is -0.130. The van der Waals surface area contributed by atoms with Gasteiger partial charge >= 0.3 is 0 Å². The maximum atomic E-state index is 12.4. The van der Waals surface area contributed by atoms with E-state index in [4.69, 9.17) is 9.72 Å². The first kappa shape index (κ1) is 18.7. The highest BCUT2D eigenvalue weighted by molar-refractivity contribution is 5.81. The van der Waals surface area contributed by atoms with Crippen LogP contribution in [0.2, 0.25) is 0 Å². The third-order valence-electron chi connectivity index (χ3n) is 5.53. The van der Waals surface area contributed by atoms with E-state index in [1.807, 2.05) is 18.2 Å². The Kier molecular flexibility index (Phi) is 5.18. The number of ether oxygens (including phenoxy) is 1. The summed E-state index contributed by atoms with van der Waals surface area (Å²) in [6.45, 7) is 8.26. The molecule has 1 saturated heterocycles. The molecule has 2 aromatic carbocycles. The zero-order valence-corrected chi connectivity index (χ0v) is 16.8. The maximum Gasteiger partial charge on any atom is 0.249 e. The summed E-state index contributed by atoms with van der Waals surface area (Å²) in [5.41, 5.74) is 7.18. The highest BCUT2D eigenvalue weighted by atomic mass is 16.5. The van der Waals surface area contributed by atoms with Gasteiger partial charge in [0.1, 0.15) is 11.9 Å². The first-order chi connectivity index (χ1) is 13.5. The zero-order chi connectivity index (χ0) is 19.7. The van der Waals surface area contributed by atoms with Crippen LogP contribution in [0.5, 0.6) is 0 Å². The summed E-state index contributed by atoms with van der Waals surface area (Å²) >= 11 is 0. The van der Waals surface area contributed by atoms with E-state index >= 15 is 0 Å². The predicted octanol–water partition coefficient (Wildman–Crippen LogP) is 3.81. The van der Waals surface area contributed by atoms with Crippen LogP contribution >= 0.6 is 0 Å². The molecule has 1 N–H and O–H groups in total. The average molecular weight is 377 g/mol. The summed E-state index contributed by atoms with van der Waals surface area (Å²) in [5.74, 6) is 0.825. The Morgan fingerprint density at radius 1 is 1.21 bits per heavy atom. The second kappa shape index (κ2) is 7.76. The van der Waals surface area contributed by atoms with Gasteiger partial charge in [-0.3, -0.25) is 4.79 Å². The van der Waals surface area contributed by atoms with Crippen LogP contribution in [0.25, 0.3) is 11.0 Å². The minimum absolute atomic E-state index is 0.0428. The molecule has 1 amide bonds. The number of carbonyl (C=O) groups is 1. The van der Waals surface area contributed by atoms with Crippen LogP contribution in [0.4, 0.5) is 0 Å². The van der Waals surface area contributed by atoms with E-state index in [1.165, 1.54) is 22.3 Å². The van der Waals surface area contributed by atoms with Gasteiger partial charge in [-0.2, -0.15) is 0 Å². The van der Waals surface area contributed by atoms with E-state index in [-0.39, 0.29) is 12.0 Å². The summed E-state index contributed by atoms with van der Waals surface area (Å²) in [6.07, 6.45) is 1.42. The highest BCUT2D eigenvalue weighted by Gasteiger charge is 2.24. The average Bonchev–Trinajstić information content (AvgIpc) is 3.31. The number of hydrogen-bond donors (Lipinski definition) is 1. The first-order valence-electron chi connectivity index (χ1n) is 9.93. The number of para-hydroxylation sites is 2. The lowest BCUT2D eigenvalue weighted by Crippen LogP contribution is -2.34. The van der Waals surface area contributed by atoms with E-state index in [0.29, 0.717) is 13.2 Å². The zero-order valence-electron chi connectivity index (χ0n) is 16.8. The van der Waals surface area contributed by atoms with Crippen molar-refractivity contribution >= 4 is 16.9 Å². The number of aryl methyl sites for hydroxylation is 3. The summed E-state index contributed by atoms with van der Waals surface area (Å²) in [4.78, 5) is 17.2. The molecule has 146 valence electrons. The van der Waals surface area contributed by atoms with Crippen molar-refractivity contribution in [2.24, 2.45) is 0 Å². The molecule has 0 aliphatic carbocycles. The topological polar surface area (TPSA) is 56.2 Å². The van der Waals surface area contributed by atoms with Crippen LogP contribution in [0.1, 0.15) is 40.9 Å². The molecule has 1 fully saturated rings. The molecule has 0 radical (unpaired) electrons. The van der Waals surface area contributed by atoms with Crippen molar-refractivity contribution in [1.82, 2.24) is 14.9 Å². The molecule has 1 atom stereocenters. The van der Waals surface area contributed by atoms with Crippen LogP contribution in [0.15, 0.2) is 36.4 Å². The molecule has 5 heteroatoms. The fourth-order valence-electron chi connectivity index (χ4n) is 4.12. The van der Waals surface area contributed by atoms with Crippen molar-refractivity contribution < 1.29 is 9.53 Å². The molecule has 0 bridgehead atoms. The van der Waals surface area contributed by atoms with Gasteiger partial charge in [0.05, 0.1) is 17.6 Å². The normalized spacial score (nSPS) is 16.6. The third kappa shape index (κ3) is 3.67. The standard InChI is InChI=1S/C23H27N3O2/c1-15-11-16(2)18(17(3)12-15)14-26-20-8-5-4-7-19(20)25-22(26)13-24-23(27)21-9-6-10-28-21/h4-5,7-8,11-12,21H,6,9-10,13-14H2,1-3H3,(H,24,27). The van der Waals surface area contributed by atoms with Crippen LogP contribution in [0, 0.1) is 20.8 Å². The molecule has 1 aliphatic rings. The molecule has 1 aromatic heterocycles. The Labute approximate surface area is 165 Å². The van der Waals surface area contributed by atoms with Gasteiger partial charge in [-0.1, -0.05) is 29.8 Å². The Balaban J connectivity index is 1.65. The van der Waals surface area contributed by atoms with Crippen molar-refractivity contribution in [1.29, 1.82) is 0 Å². The van der Waals surface area contributed by atoms with E-state index in [0.717, 1.165) is 36.2 Å². The molecule has 28 heavy (non-hydrogen) atoms. The Morgan fingerprint density at radius 2 is 1.96 bits per heavy atom. The highest BCUT2D eigenvalue weighted by Crippen LogP contribution is 2.23. The van der Waals surface area contributed by atoms with Crippen molar-refractivity contribution in [3.8, 4) is 0 Å².